The van der Waals surface area contributed by atoms with Crippen LogP contribution in [0.5, 0.6) is 5.75 Å². The Labute approximate surface area is 161 Å². The number of rotatable bonds is 7. The first-order valence-corrected chi connectivity index (χ1v) is 8.90. The van der Waals surface area contributed by atoms with E-state index >= 15 is 0 Å². The minimum absolute atomic E-state index is 0.0335. The number of H-pyrrole nitrogens is 2. The molecule has 0 fully saturated rings. The van der Waals surface area contributed by atoms with Crippen LogP contribution >= 0.6 is 35.0 Å². The standard InChI is InChI=1S/C14H13Cl2N5O4S/c1-2-25-11-8(15)3-7(4-9(11)16)5-17-19-10(22)6-26-13-12(23)18-14(24)21-20-13/h3-5H,2,6H2,1H3,(H,19,22)(H2,18,21,23,24)/b17-5+. The van der Waals surface area contributed by atoms with E-state index in [4.69, 9.17) is 27.9 Å². The van der Waals surface area contributed by atoms with Gasteiger partial charge in [0.05, 0.1) is 28.6 Å². The van der Waals surface area contributed by atoms with Crippen molar-refractivity contribution in [3.8, 4) is 5.75 Å². The van der Waals surface area contributed by atoms with Crippen LogP contribution in [0.2, 0.25) is 10.0 Å². The summed E-state index contributed by atoms with van der Waals surface area (Å²) in [7, 11) is 0. The molecule has 3 N–H and O–H groups in total. The Morgan fingerprint density at radius 3 is 2.69 bits per heavy atom. The number of nitrogens with zero attached hydrogens (tertiary/aromatic N) is 2. The first kappa shape index (κ1) is 20.0. The van der Waals surface area contributed by atoms with Gasteiger partial charge in [-0.05, 0) is 24.6 Å². The topological polar surface area (TPSA) is 129 Å². The van der Waals surface area contributed by atoms with Gasteiger partial charge in [-0.15, -0.1) is 0 Å². The predicted molar refractivity (Wildman–Crippen MR) is 99.6 cm³/mol. The summed E-state index contributed by atoms with van der Waals surface area (Å²) in [6, 6.07) is 3.18. The maximum atomic E-state index is 11.7. The van der Waals surface area contributed by atoms with E-state index < -0.39 is 17.2 Å². The molecule has 0 aliphatic heterocycles. The van der Waals surface area contributed by atoms with Gasteiger partial charge in [-0.1, -0.05) is 35.0 Å². The van der Waals surface area contributed by atoms with Gasteiger partial charge in [0.15, 0.2) is 10.8 Å². The number of nitrogens with one attached hydrogen (secondary N) is 3. The van der Waals surface area contributed by atoms with Gasteiger partial charge in [-0.25, -0.2) is 15.3 Å². The molecule has 1 amide bonds. The van der Waals surface area contributed by atoms with Crippen molar-refractivity contribution >= 4 is 47.1 Å². The normalized spacial score (nSPS) is 10.9. The molecule has 0 aliphatic carbocycles. The van der Waals surface area contributed by atoms with E-state index in [0.717, 1.165) is 11.8 Å². The highest BCUT2D eigenvalue weighted by molar-refractivity contribution is 7.99. The molecule has 1 aromatic carbocycles. The molecule has 0 atom stereocenters. The smallest absolute Gasteiger partial charge is 0.342 e. The maximum absolute atomic E-state index is 11.7. The highest BCUT2D eigenvalue weighted by Gasteiger charge is 2.09. The van der Waals surface area contributed by atoms with E-state index in [1.807, 2.05) is 11.9 Å². The number of aromatic nitrogens is 3. The van der Waals surface area contributed by atoms with Crippen molar-refractivity contribution in [2.75, 3.05) is 12.4 Å². The first-order valence-electron chi connectivity index (χ1n) is 7.16. The number of aromatic amines is 2. The lowest BCUT2D eigenvalue weighted by Gasteiger charge is -2.08. The number of carbonyl (C=O) groups excluding carboxylic acids is 1. The molecule has 2 aromatic rings. The number of ether oxygens (including phenoxy) is 1. The van der Waals surface area contributed by atoms with Crippen molar-refractivity contribution in [3.63, 3.8) is 0 Å². The fourth-order valence-electron chi connectivity index (χ4n) is 1.72. The fraction of sp³-hybridized carbons (Fsp3) is 0.214. The van der Waals surface area contributed by atoms with Crippen LogP contribution < -0.4 is 21.4 Å². The molecule has 0 bridgehead atoms. The van der Waals surface area contributed by atoms with Crippen LogP contribution in [0, 0.1) is 0 Å². The van der Waals surface area contributed by atoms with Crippen LogP contribution in [0.1, 0.15) is 12.5 Å². The van der Waals surface area contributed by atoms with E-state index in [1.54, 1.807) is 12.1 Å². The lowest BCUT2D eigenvalue weighted by molar-refractivity contribution is -0.118. The monoisotopic (exact) mass is 417 g/mol. The number of halogens is 2. The molecule has 9 nitrogen and oxygen atoms in total. The number of amides is 1. The van der Waals surface area contributed by atoms with Crippen LogP contribution in [-0.4, -0.2) is 39.7 Å². The molecule has 0 radical (unpaired) electrons. The number of hydrogen-bond donors (Lipinski definition) is 3. The number of hydrazone groups is 1. The number of carbonyl (C=O) groups is 1. The van der Waals surface area contributed by atoms with Crippen LogP contribution in [0.25, 0.3) is 0 Å². The van der Waals surface area contributed by atoms with E-state index in [2.05, 4.69) is 20.7 Å². The van der Waals surface area contributed by atoms with Gasteiger partial charge in [0, 0.05) is 0 Å². The molecule has 26 heavy (non-hydrogen) atoms. The Balaban J connectivity index is 1.92. The van der Waals surface area contributed by atoms with Gasteiger partial charge in [-0.3, -0.25) is 14.6 Å². The van der Waals surface area contributed by atoms with Gasteiger partial charge in [0.2, 0.25) is 5.91 Å². The van der Waals surface area contributed by atoms with Crippen molar-refractivity contribution < 1.29 is 9.53 Å². The quantitative estimate of drug-likeness (QED) is 0.354. The number of thioether (sulfide) groups is 1. The first-order chi connectivity index (χ1) is 12.4. The molecule has 0 spiro atoms. The van der Waals surface area contributed by atoms with E-state index in [1.165, 1.54) is 6.21 Å². The third kappa shape index (κ3) is 5.61. The average molecular weight is 418 g/mol. The van der Waals surface area contributed by atoms with Gasteiger partial charge in [0.1, 0.15) is 0 Å². The second-order valence-electron chi connectivity index (χ2n) is 4.64. The molecule has 12 heteroatoms. The molecule has 1 heterocycles. The Bertz CT molecular complexity index is 920. The molecule has 0 saturated carbocycles. The maximum Gasteiger partial charge on any atom is 0.342 e. The molecule has 138 valence electrons. The Hall–Kier alpha value is -2.30. The van der Waals surface area contributed by atoms with Gasteiger partial charge >= 0.3 is 5.69 Å². The van der Waals surface area contributed by atoms with E-state index in [9.17, 15) is 14.4 Å². The molecule has 0 aliphatic rings. The number of hydrogen-bond acceptors (Lipinski definition) is 7. The van der Waals surface area contributed by atoms with E-state index in [-0.39, 0.29) is 10.8 Å². The van der Waals surface area contributed by atoms with Crippen molar-refractivity contribution in [1.82, 2.24) is 20.6 Å². The molecule has 1 aromatic heterocycles. The van der Waals surface area contributed by atoms with E-state index in [0.29, 0.717) is 28.0 Å². The minimum Gasteiger partial charge on any atom is -0.491 e. The lowest BCUT2D eigenvalue weighted by atomic mass is 10.2. The zero-order valence-corrected chi connectivity index (χ0v) is 15.7. The SMILES string of the molecule is CCOc1c(Cl)cc(/C=N/NC(=O)CSc2n[nH]c(=O)[nH]c2=O)cc1Cl. The molecule has 0 saturated heterocycles. The summed E-state index contributed by atoms with van der Waals surface area (Å²) in [5.74, 6) is -0.210. The van der Waals surface area contributed by atoms with Gasteiger partial charge in [0.25, 0.3) is 5.56 Å². The predicted octanol–water partition coefficient (Wildman–Crippen LogP) is 1.41. The van der Waals surface area contributed by atoms with Crippen LogP contribution in [0.15, 0.2) is 31.8 Å². The summed E-state index contributed by atoms with van der Waals surface area (Å²) in [5.41, 5.74) is 1.46. The highest BCUT2D eigenvalue weighted by Crippen LogP contribution is 2.33. The van der Waals surface area contributed by atoms with Gasteiger partial charge < -0.3 is 4.74 Å². The van der Waals surface area contributed by atoms with Crippen molar-refractivity contribution in [1.29, 1.82) is 0 Å². The summed E-state index contributed by atoms with van der Waals surface area (Å²) < 4.78 is 5.32. The largest absolute Gasteiger partial charge is 0.491 e. The summed E-state index contributed by atoms with van der Waals surface area (Å²) in [6.07, 6.45) is 1.36. The van der Waals surface area contributed by atoms with Crippen molar-refractivity contribution in [3.05, 3.63) is 48.6 Å². The highest BCUT2D eigenvalue weighted by atomic mass is 35.5. The second kappa shape index (κ2) is 9.41. The third-order valence-electron chi connectivity index (χ3n) is 2.73. The average Bonchev–Trinajstić information content (AvgIpc) is 2.57. The van der Waals surface area contributed by atoms with Crippen LogP contribution in [0.4, 0.5) is 0 Å². The molecular formula is C14H13Cl2N5O4S. The summed E-state index contributed by atoms with van der Waals surface area (Å²) in [4.78, 5) is 36.0. The van der Waals surface area contributed by atoms with Crippen molar-refractivity contribution in [2.45, 2.75) is 11.9 Å². The summed E-state index contributed by atoms with van der Waals surface area (Å²) >= 11 is 13.0. The number of benzene rings is 1. The van der Waals surface area contributed by atoms with Crippen molar-refractivity contribution in [2.24, 2.45) is 5.10 Å². The zero-order valence-electron chi connectivity index (χ0n) is 13.3. The Kier molecular flexibility index (Phi) is 7.25. The molecule has 0 unspecified atom stereocenters. The minimum atomic E-state index is -0.721. The molecular weight excluding hydrogens is 405 g/mol. The Morgan fingerprint density at radius 2 is 2.08 bits per heavy atom. The van der Waals surface area contributed by atoms with Crippen LogP contribution in [0.3, 0.4) is 0 Å². The van der Waals surface area contributed by atoms with Gasteiger partial charge in [-0.2, -0.15) is 10.2 Å². The summed E-state index contributed by atoms with van der Waals surface area (Å²) in [5, 5.41) is 10.0. The fourth-order valence-corrected chi connectivity index (χ4v) is 2.95. The third-order valence-corrected chi connectivity index (χ3v) is 4.25. The Morgan fingerprint density at radius 1 is 1.38 bits per heavy atom. The second-order valence-corrected chi connectivity index (χ2v) is 6.42. The lowest BCUT2D eigenvalue weighted by Crippen LogP contribution is -2.26. The molecule has 2 rings (SSSR count). The van der Waals surface area contributed by atoms with Crippen LogP contribution in [-0.2, 0) is 4.79 Å². The zero-order chi connectivity index (χ0) is 19.1. The summed E-state index contributed by atoms with van der Waals surface area (Å²) in [6.45, 7) is 2.24.